The molecule has 17 heavy (non-hydrogen) atoms. The van der Waals surface area contributed by atoms with Gasteiger partial charge in [0.05, 0.1) is 4.92 Å². The highest BCUT2D eigenvalue weighted by molar-refractivity contribution is 5.57. The summed E-state index contributed by atoms with van der Waals surface area (Å²) in [7, 11) is 1.41. The van der Waals surface area contributed by atoms with Crippen LogP contribution in [0, 0.1) is 10.1 Å². The fourth-order valence-corrected chi connectivity index (χ4v) is 1.53. The number of alkyl halides is 3. The van der Waals surface area contributed by atoms with Gasteiger partial charge < -0.3 is 5.32 Å². The minimum atomic E-state index is -4.43. The predicted octanol–water partition coefficient (Wildman–Crippen LogP) is 1.84. The van der Waals surface area contributed by atoms with Gasteiger partial charge in [-0.3, -0.25) is 14.8 Å². The van der Waals surface area contributed by atoms with Crippen LogP contribution in [-0.2, 0) is 7.05 Å². The molecule has 0 saturated heterocycles. The van der Waals surface area contributed by atoms with Gasteiger partial charge in [0.2, 0.25) is 5.82 Å². The van der Waals surface area contributed by atoms with E-state index in [0.717, 1.165) is 10.9 Å². The SMILES string of the molecule is Cn1cc([N+](=O)[O-])c(NC2(C(F)(F)F)CC2)n1. The smallest absolute Gasteiger partial charge is 0.349 e. The Labute approximate surface area is 93.6 Å². The number of aromatic nitrogens is 2. The highest BCUT2D eigenvalue weighted by Gasteiger charge is 2.64. The third-order valence-corrected chi connectivity index (χ3v) is 2.66. The van der Waals surface area contributed by atoms with E-state index < -0.39 is 22.3 Å². The summed E-state index contributed by atoms with van der Waals surface area (Å²) in [5.74, 6) is -0.340. The lowest BCUT2D eigenvalue weighted by Crippen LogP contribution is -2.39. The monoisotopic (exact) mass is 250 g/mol. The second-order valence-electron chi connectivity index (χ2n) is 4.00. The van der Waals surface area contributed by atoms with Crippen molar-refractivity contribution in [1.82, 2.24) is 9.78 Å². The number of hydrogen-bond acceptors (Lipinski definition) is 4. The largest absolute Gasteiger partial charge is 0.411 e. The summed E-state index contributed by atoms with van der Waals surface area (Å²) in [6.45, 7) is 0. The number of anilines is 1. The van der Waals surface area contributed by atoms with Crippen molar-refractivity contribution in [2.45, 2.75) is 24.6 Å². The third-order valence-electron chi connectivity index (χ3n) is 2.66. The van der Waals surface area contributed by atoms with E-state index >= 15 is 0 Å². The zero-order valence-corrected chi connectivity index (χ0v) is 8.78. The Kier molecular flexibility index (Phi) is 2.30. The van der Waals surface area contributed by atoms with E-state index in [1.54, 1.807) is 0 Å². The van der Waals surface area contributed by atoms with E-state index in [4.69, 9.17) is 0 Å². The average Bonchev–Trinajstić information content (AvgIpc) is 2.84. The quantitative estimate of drug-likeness (QED) is 0.656. The molecule has 1 heterocycles. The van der Waals surface area contributed by atoms with Crippen LogP contribution in [-0.4, -0.2) is 26.4 Å². The minimum Gasteiger partial charge on any atom is -0.349 e. The summed E-state index contributed by atoms with van der Waals surface area (Å²) in [6, 6.07) is 0. The van der Waals surface area contributed by atoms with E-state index in [2.05, 4.69) is 10.4 Å². The fourth-order valence-electron chi connectivity index (χ4n) is 1.53. The van der Waals surface area contributed by atoms with Crippen LogP contribution in [0.15, 0.2) is 6.20 Å². The second-order valence-corrected chi connectivity index (χ2v) is 4.00. The van der Waals surface area contributed by atoms with Gasteiger partial charge in [-0.05, 0) is 12.8 Å². The molecule has 0 aromatic carbocycles. The molecule has 94 valence electrons. The molecular weight excluding hydrogens is 241 g/mol. The van der Waals surface area contributed by atoms with Crippen LogP contribution in [0.3, 0.4) is 0 Å². The Bertz CT molecular complexity index is 464. The van der Waals surface area contributed by atoms with Crippen molar-refractivity contribution < 1.29 is 18.1 Å². The summed E-state index contributed by atoms with van der Waals surface area (Å²) in [6.07, 6.45) is -3.55. The highest BCUT2D eigenvalue weighted by atomic mass is 19.4. The molecule has 1 fully saturated rings. The van der Waals surface area contributed by atoms with E-state index in [9.17, 15) is 23.3 Å². The summed E-state index contributed by atoms with van der Waals surface area (Å²) < 4.78 is 39.1. The van der Waals surface area contributed by atoms with Gasteiger partial charge in [-0.25, -0.2) is 0 Å². The first kappa shape index (κ1) is 11.7. The summed E-state index contributed by atoms with van der Waals surface area (Å²) >= 11 is 0. The summed E-state index contributed by atoms with van der Waals surface area (Å²) in [4.78, 5) is 9.86. The first-order chi connectivity index (χ1) is 7.75. The normalized spacial score (nSPS) is 17.9. The molecule has 0 atom stereocenters. The van der Waals surface area contributed by atoms with E-state index in [1.165, 1.54) is 7.05 Å². The molecule has 0 unspecified atom stereocenters. The molecule has 1 aliphatic rings. The van der Waals surface area contributed by atoms with Gasteiger partial charge in [0.15, 0.2) is 0 Å². The molecule has 0 aliphatic heterocycles. The fraction of sp³-hybridized carbons (Fsp3) is 0.625. The first-order valence-electron chi connectivity index (χ1n) is 4.78. The Morgan fingerprint density at radius 3 is 2.59 bits per heavy atom. The molecule has 0 bridgehead atoms. The Hall–Kier alpha value is -1.80. The Morgan fingerprint density at radius 2 is 2.18 bits per heavy atom. The maximum atomic E-state index is 12.7. The van der Waals surface area contributed by atoms with Crippen LogP contribution >= 0.6 is 0 Å². The van der Waals surface area contributed by atoms with Gasteiger partial charge in [-0.2, -0.15) is 13.2 Å². The van der Waals surface area contributed by atoms with Crippen molar-refractivity contribution in [2.75, 3.05) is 5.32 Å². The molecule has 2 rings (SSSR count). The molecule has 0 radical (unpaired) electrons. The van der Waals surface area contributed by atoms with Crippen LogP contribution in [0.4, 0.5) is 24.7 Å². The van der Waals surface area contributed by atoms with Crippen molar-refractivity contribution in [1.29, 1.82) is 0 Å². The van der Waals surface area contributed by atoms with Crippen molar-refractivity contribution in [3.05, 3.63) is 16.3 Å². The number of nitrogens with one attached hydrogen (secondary N) is 1. The Morgan fingerprint density at radius 1 is 1.59 bits per heavy atom. The topological polar surface area (TPSA) is 73.0 Å². The highest BCUT2D eigenvalue weighted by Crippen LogP contribution is 2.51. The Balaban J connectivity index is 2.28. The van der Waals surface area contributed by atoms with Crippen LogP contribution in [0.5, 0.6) is 0 Å². The molecular formula is C8H9F3N4O2. The van der Waals surface area contributed by atoms with Crippen LogP contribution in [0.1, 0.15) is 12.8 Å². The van der Waals surface area contributed by atoms with Crippen molar-refractivity contribution in [3.63, 3.8) is 0 Å². The van der Waals surface area contributed by atoms with Crippen molar-refractivity contribution >= 4 is 11.5 Å². The zero-order valence-electron chi connectivity index (χ0n) is 8.78. The summed E-state index contributed by atoms with van der Waals surface area (Å²) in [5.41, 5.74) is -2.51. The van der Waals surface area contributed by atoms with Crippen LogP contribution in [0.2, 0.25) is 0 Å². The van der Waals surface area contributed by atoms with Gasteiger partial charge in [0.1, 0.15) is 11.7 Å². The minimum absolute atomic E-state index is 0.0930. The molecule has 6 nitrogen and oxygen atoms in total. The van der Waals surface area contributed by atoms with Gasteiger partial charge in [0, 0.05) is 7.05 Å². The van der Waals surface area contributed by atoms with E-state index in [1.807, 2.05) is 0 Å². The van der Waals surface area contributed by atoms with Crippen LogP contribution < -0.4 is 5.32 Å². The molecule has 0 spiro atoms. The number of hydrogen-bond donors (Lipinski definition) is 1. The maximum Gasteiger partial charge on any atom is 0.411 e. The first-order valence-corrected chi connectivity index (χ1v) is 4.78. The predicted molar refractivity (Wildman–Crippen MR) is 51.5 cm³/mol. The maximum absolute atomic E-state index is 12.7. The van der Waals surface area contributed by atoms with Crippen molar-refractivity contribution in [2.24, 2.45) is 7.05 Å². The molecule has 0 amide bonds. The number of rotatable bonds is 3. The lowest BCUT2D eigenvalue weighted by atomic mass is 10.2. The third kappa shape index (κ3) is 1.92. The number of nitrogens with zero attached hydrogens (tertiary/aromatic N) is 3. The molecule has 9 heteroatoms. The number of halogens is 3. The number of aryl methyl sites for hydroxylation is 1. The van der Waals surface area contributed by atoms with Crippen molar-refractivity contribution in [3.8, 4) is 0 Å². The van der Waals surface area contributed by atoms with E-state index in [0.29, 0.717) is 0 Å². The lowest BCUT2D eigenvalue weighted by Gasteiger charge is -2.19. The molecule has 1 aromatic heterocycles. The molecule has 1 N–H and O–H groups in total. The molecule has 1 saturated carbocycles. The molecule has 1 aromatic rings. The van der Waals surface area contributed by atoms with Gasteiger partial charge in [-0.15, -0.1) is 5.10 Å². The second kappa shape index (κ2) is 3.34. The summed E-state index contributed by atoms with van der Waals surface area (Å²) in [5, 5.41) is 16.4. The zero-order chi connectivity index (χ0) is 12.8. The molecule has 1 aliphatic carbocycles. The lowest BCUT2D eigenvalue weighted by molar-refractivity contribution is -0.384. The van der Waals surface area contributed by atoms with E-state index in [-0.39, 0.29) is 18.7 Å². The average molecular weight is 250 g/mol. The van der Waals surface area contributed by atoms with Gasteiger partial charge in [-0.1, -0.05) is 0 Å². The van der Waals surface area contributed by atoms with Gasteiger partial charge in [0.25, 0.3) is 0 Å². The standard InChI is InChI=1S/C8H9F3N4O2/c1-14-4-5(15(16)17)6(13-14)12-7(2-3-7)8(9,10)11/h4H,2-3H2,1H3,(H,12,13). The van der Waals surface area contributed by atoms with Gasteiger partial charge >= 0.3 is 11.9 Å². The number of nitro groups is 1. The van der Waals surface area contributed by atoms with Crippen LogP contribution in [0.25, 0.3) is 0 Å².